The molecule has 0 aromatic carbocycles. The average Bonchev–Trinajstić information content (AvgIpc) is 1.99. The summed E-state index contributed by atoms with van der Waals surface area (Å²) < 4.78 is 0. The fraction of sp³-hybridized carbons (Fsp3) is 0.571. The van der Waals surface area contributed by atoms with Crippen molar-refractivity contribution in [1.82, 2.24) is 0 Å². The molecule has 0 aliphatic rings. The molecule has 58 valence electrons. The summed E-state index contributed by atoms with van der Waals surface area (Å²) in [5.41, 5.74) is 0. The maximum atomic E-state index is 10.3. The highest BCUT2D eigenvalue weighted by atomic mass is 16.4. The Morgan fingerprint density at radius 3 is 2.18 bits per heavy atom. The second-order valence-corrected chi connectivity index (χ2v) is 2.09. The smallest absolute Gasteiger partial charge is 0.322 e. The van der Waals surface area contributed by atoms with E-state index in [-0.39, 0.29) is 0 Å². The first-order valence-corrected chi connectivity index (χ1v) is 3.19. The van der Waals surface area contributed by atoms with Crippen LogP contribution < -0.4 is 0 Å². The lowest BCUT2D eigenvalue weighted by atomic mass is 9.93. The predicted octanol–water partition coefficient (Wildman–Crippen LogP) is 0.761. The van der Waals surface area contributed by atoms with Gasteiger partial charge in [-0.2, -0.15) is 10.5 Å². The molecule has 0 rings (SSSR count). The zero-order valence-electron chi connectivity index (χ0n) is 6.11. The van der Waals surface area contributed by atoms with Crippen molar-refractivity contribution in [2.75, 3.05) is 0 Å². The normalized spacial score (nSPS) is 14.1. The van der Waals surface area contributed by atoms with Crippen LogP contribution in [-0.2, 0) is 4.79 Å². The first kappa shape index (κ1) is 9.45. The van der Waals surface area contributed by atoms with Crippen LogP contribution in [0.4, 0.5) is 0 Å². The van der Waals surface area contributed by atoms with E-state index in [0.29, 0.717) is 6.42 Å². The minimum absolute atomic E-state index is 0.390. The molecule has 0 aliphatic carbocycles. The number of carboxylic acids is 1. The number of carbonyl (C=O) groups is 1. The van der Waals surface area contributed by atoms with Crippen LogP contribution >= 0.6 is 0 Å². The van der Waals surface area contributed by atoms with Crippen molar-refractivity contribution in [1.29, 1.82) is 10.5 Å². The summed E-state index contributed by atoms with van der Waals surface area (Å²) in [6.07, 6.45) is 0.390. The lowest BCUT2D eigenvalue weighted by Gasteiger charge is -2.06. The van der Waals surface area contributed by atoms with Crippen molar-refractivity contribution in [3.8, 4) is 12.1 Å². The molecule has 0 aromatic rings. The standard InChI is InChI=1S/C7H8N2O2/c1-2-5(3-8)6(4-9)7(10)11/h5-6H,2H2,1H3,(H,10,11). The summed E-state index contributed by atoms with van der Waals surface area (Å²) in [4.78, 5) is 10.3. The van der Waals surface area contributed by atoms with Gasteiger partial charge in [0, 0.05) is 0 Å². The van der Waals surface area contributed by atoms with Gasteiger partial charge >= 0.3 is 5.97 Å². The Hall–Kier alpha value is -1.55. The van der Waals surface area contributed by atoms with E-state index in [9.17, 15) is 4.79 Å². The third kappa shape index (κ3) is 2.27. The Morgan fingerprint density at radius 2 is 2.09 bits per heavy atom. The molecule has 0 spiro atoms. The molecule has 0 aromatic heterocycles. The number of aliphatic carboxylic acids is 1. The fourth-order valence-corrected chi connectivity index (χ4v) is 0.719. The van der Waals surface area contributed by atoms with Crippen LogP contribution in [-0.4, -0.2) is 11.1 Å². The quantitative estimate of drug-likeness (QED) is 0.646. The first-order valence-electron chi connectivity index (χ1n) is 3.19. The second kappa shape index (κ2) is 4.29. The van der Waals surface area contributed by atoms with Crippen molar-refractivity contribution < 1.29 is 9.90 Å². The Balaban J connectivity index is 4.40. The molecule has 0 saturated heterocycles. The van der Waals surface area contributed by atoms with Gasteiger partial charge in [-0.3, -0.25) is 4.79 Å². The zero-order chi connectivity index (χ0) is 8.85. The van der Waals surface area contributed by atoms with Crippen LogP contribution in [0.1, 0.15) is 13.3 Å². The lowest BCUT2D eigenvalue weighted by molar-refractivity contribution is -0.140. The maximum absolute atomic E-state index is 10.3. The molecule has 4 nitrogen and oxygen atoms in total. The van der Waals surface area contributed by atoms with E-state index >= 15 is 0 Å². The van der Waals surface area contributed by atoms with Crippen molar-refractivity contribution >= 4 is 5.97 Å². The van der Waals surface area contributed by atoms with E-state index in [1.807, 2.05) is 0 Å². The number of nitriles is 2. The van der Waals surface area contributed by atoms with Gasteiger partial charge in [-0.25, -0.2) is 0 Å². The van der Waals surface area contributed by atoms with E-state index in [1.54, 1.807) is 19.1 Å². The number of hydrogen-bond acceptors (Lipinski definition) is 3. The molecule has 1 N–H and O–H groups in total. The highest BCUT2D eigenvalue weighted by Crippen LogP contribution is 2.13. The Morgan fingerprint density at radius 1 is 1.55 bits per heavy atom. The minimum Gasteiger partial charge on any atom is -0.480 e. The number of nitrogens with zero attached hydrogens (tertiary/aromatic N) is 2. The van der Waals surface area contributed by atoms with Crippen LogP contribution in [0.5, 0.6) is 0 Å². The van der Waals surface area contributed by atoms with E-state index in [0.717, 1.165) is 0 Å². The molecule has 2 atom stereocenters. The molecule has 0 radical (unpaired) electrons. The summed E-state index contributed by atoms with van der Waals surface area (Å²) in [5, 5.41) is 25.2. The maximum Gasteiger partial charge on any atom is 0.322 e. The molecule has 11 heavy (non-hydrogen) atoms. The molecule has 0 amide bonds. The summed E-state index contributed by atoms with van der Waals surface area (Å²) in [7, 11) is 0. The number of rotatable bonds is 3. The summed E-state index contributed by atoms with van der Waals surface area (Å²) in [6.45, 7) is 1.68. The van der Waals surface area contributed by atoms with Crippen LogP contribution in [0.15, 0.2) is 0 Å². The molecule has 0 saturated carbocycles. The average molecular weight is 152 g/mol. The van der Waals surface area contributed by atoms with Crippen molar-refractivity contribution in [3.05, 3.63) is 0 Å². The number of carboxylic acid groups (broad SMARTS) is 1. The molecular weight excluding hydrogens is 144 g/mol. The van der Waals surface area contributed by atoms with Crippen LogP contribution in [0.25, 0.3) is 0 Å². The fourth-order valence-electron chi connectivity index (χ4n) is 0.719. The topological polar surface area (TPSA) is 84.9 Å². The highest BCUT2D eigenvalue weighted by molar-refractivity contribution is 5.73. The molecule has 2 unspecified atom stereocenters. The molecule has 0 fully saturated rings. The molecule has 0 aliphatic heterocycles. The Kier molecular flexibility index (Phi) is 3.69. The van der Waals surface area contributed by atoms with Gasteiger partial charge in [-0.05, 0) is 6.42 Å². The second-order valence-electron chi connectivity index (χ2n) is 2.09. The van der Waals surface area contributed by atoms with E-state index < -0.39 is 17.8 Å². The SMILES string of the molecule is CCC(C#N)C(C#N)C(=O)O. The highest BCUT2D eigenvalue weighted by Gasteiger charge is 2.26. The largest absolute Gasteiger partial charge is 0.480 e. The van der Waals surface area contributed by atoms with Crippen LogP contribution in [0.3, 0.4) is 0 Å². The third-order valence-electron chi connectivity index (χ3n) is 1.41. The van der Waals surface area contributed by atoms with Gasteiger partial charge in [0.1, 0.15) is 0 Å². The molecule has 4 heteroatoms. The van der Waals surface area contributed by atoms with Crippen molar-refractivity contribution in [2.45, 2.75) is 13.3 Å². The third-order valence-corrected chi connectivity index (χ3v) is 1.41. The molecular formula is C7H8N2O2. The van der Waals surface area contributed by atoms with Gasteiger partial charge in [0.25, 0.3) is 0 Å². The molecule has 0 bridgehead atoms. The Labute approximate surface area is 64.7 Å². The Bertz CT molecular complexity index is 224. The monoisotopic (exact) mass is 152 g/mol. The van der Waals surface area contributed by atoms with Gasteiger partial charge in [0.15, 0.2) is 5.92 Å². The lowest BCUT2D eigenvalue weighted by Crippen LogP contribution is -2.20. The van der Waals surface area contributed by atoms with Gasteiger partial charge in [0.05, 0.1) is 18.1 Å². The van der Waals surface area contributed by atoms with E-state index in [4.69, 9.17) is 15.6 Å². The van der Waals surface area contributed by atoms with Crippen LogP contribution in [0.2, 0.25) is 0 Å². The zero-order valence-corrected chi connectivity index (χ0v) is 6.11. The summed E-state index contributed by atoms with van der Waals surface area (Å²) >= 11 is 0. The van der Waals surface area contributed by atoms with Crippen molar-refractivity contribution in [2.24, 2.45) is 11.8 Å². The van der Waals surface area contributed by atoms with Crippen molar-refractivity contribution in [3.63, 3.8) is 0 Å². The van der Waals surface area contributed by atoms with Gasteiger partial charge < -0.3 is 5.11 Å². The van der Waals surface area contributed by atoms with Gasteiger partial charge in [-0.1, -0.05) is 6.92 Å². The first-order chi connectivity index (χ1) is 5.17. The van der Waals surface area contributed by atoms with Gasteiger partial charge in [0.2, 0.25) is 0 Å². The summed E-state index contributed by atoms with van der Waals surface area (Å²) in [5.74, 6) is -3.11. The number of hydrogen-bond donors (Lipinski definition) is 1. The van der Waals surface area contributed by atoms with E-state index in [2.05, 4.69) is 0 Å². The van der Waals surface area contributed by atoms with Gasteiger partial charge in [-0.15, -0.1) is 0 Å². The van der Waals surface area contributed by atoms with Crippen LogP contribution in [0, 0.1) is 34.5 Å². The van der Waals surface area contributed by atoms with E-state index in [1.165, 1.54) is 0 Å². The molecule has 0 heterocycles. The predicted molar refractivity (Wildman–Crippen MR) is 36.1 cm³/mol. The summed E-state index contributed by atoms with van der Waals surface area (Å²) in [6, 6.07) is 3.36. The minimum atomic E-state index is -1.22.